The standard InChI is InChI=1S/C19H17NO3/c1-22-18(19(21)23-13-14-5-3-2-4-6-14)12-15-7-8-17-16(11-15)9-10-20-17/h2-12,20H,13H2,1H3. The number of nitrogens with one attached hydrogen (secondary N) is 1. The largest absolute Gasteiger partial charge is 0.490 e. The molecule has 0 radical (unpaired) electrons. The average molecular weight is 307 g/mol. The van der Waals surface area contributed by atoms with Crippen molar-refractivity contribution < 1.29 is 14.3 Å². The van der Waals surface area contributed by atoms with Crippen molar-refractivity contribution in [3.8, 4) is 0 Å². The van der Waals surface area contributed by atoms with Crippen LogP contribution in [0.4, 0.5) is 0 Å². The highest BCUT2D eigenvalue weighted by molar-refractivity contribution is 5.92. The zero-order valence-electron chi connectivity index (χ0n) is 12.8. The van der Waals surface area contributed by atoms with E-state index in [-0.39, 0.29) is 12.4 Å². The van der Waals surface area contributed by atoms with Gasteiger partial charge in [-0.15, -0.1) is 0 Å². The van der Waals surface area contributed by atoms with E-state index in [1.807, 2.05) is 60.8 Å². The van der Waals surface area contributed by atoms with E-state index < -0.39 is 5.97 Å². The molecule has 0 saturated heterocycles. The number of carbonyl (C=O) groups is 1. The lowest BCUT2D eigenvalue weighted by Crippen LogP contribution is -2.09. The average Bonchev–Trinajstić information content (AvgIpc) is 3.06. The molecule has 3 rings (SSSR count). The number of fused-ring (bicyclic) bond motifs is 1. The van der Waals surface area contributed by atoms with Crippen molar-refractivity contribution in [2.75, 3.05) is 7.11 Å². The molecule has 0 amide bonds. The van der Waals surface area contributed by atoms with Gasteiger partial charge in [0.2, 0.25) is 5.76 Å². The van der Waals surface area contributed by atoms with Crippen molar-refractivity contribution in [2.24, 2.45) is 0 Å². The molecule has 2 aromatic carbocycles. The number of esters is 1. The molecule has 1 N–H and O–H groups in total. The molecule has 0 unspecified atom stereocenters. The Morgan fingerprint density at radius 3 is 2.74 bits per heavy atom. The second-order valence-corrected chi connectivity index (χ2v) is 5.10. The van der Waals surface area contributed by atoms with Crippen LogP contribution < -0.4 is 0 Å². The summed E-state index contributed by atoms with van der Waals surface area (Å²) >= 11 is 0. The number of methoxy groups -OCH3 is 1. The first-order valence-electron chi connectivity index (χ1n) is 7.30. The number of hydrogen-bond acceptors (Lipinski definition) is 3. The first-order valence-corrected chi connectivity index (χ1v) is 7.30. The molecule has 4 heteroatoms. The summed E-state index contributed by atoms with van der Waals surface area (Å²) in [5.74, 6) is -0.304. The van der Waals surface area contributed by atoms with Gasteiger partial charge in [-0.1, -0.05) is 36.4 Å². The van der Waals surface area contributed by atoms with Crippen molar-refractivity contribution in [3.63, 3.8) is 0 Å². The van der Waals surface area contributed by atoms with Gasteiger partial charge in [-0.25, -0.2) is 4.79 Å². The predicted molar refractivity (Wildman–Crippen MR) is 89.5 cm³/mol. The molecular weight excluding hydrogens is 290 g/mol. The van der Waals surface area contributed by atoms with E-state index in [0.29, 0.717) is 0 Å². The summed E-state index contributed by atoms with van der Waals surface area (Å²) in [6.45, 7) is 0.219. The predicted octanol–water partition coefficient (Wildman–Crippen LogP) is 3.90. The van der Waals surface area contributed by atoms with Gasteiger partial charge in [-0.2, -0.15) is 0 Å². The third kappa shape index (κ3) is 3.61. The Morgan fingerprint density at radius 2 is 1.96 bits per heavy atom. The summed E-state index contributed by atoms with van der Waals surface area (Å²) in [5.41, 5.74) is 2.86. The fourth-order valence-corrected chi connectivity index (χ4v) is 2.31. The van der Waals surface area contributed by atoms with Gasteiger partial charge in [-0.3, -0.25) is 0 Å². The fourth-order valence-electron chi connectivity index (χ4n) is 2.31. The second kappa shape index (κ2) is 6.83. The van der Waals surface area contributed by atoms with Crippen LogP contribution >= 0.6 is 0 Å². The number of aromatic amines is 1. The highest BCUT2D eigenvalue weighted by Gasteiger charge is 2.12. The minimum Gasteiger partial charge on any atom is -0.490 e. The Labute approximate surface area is 134 Å². The van der Waals surface area contributed by atoms with Crippen LogP contribution in [0, 0.1) is 0 Å². The van der Waals surface area contributed by atoms with E-state index in [1.54, 1.807) is 6.08 Å². The lowest BCUT2D eigenvalue weighted by atomic mass is 10.1. The third-order valence-electron chi connectivity index (χ3n) is 3.51. The SMILES string of the molecule is COC(=Cc1ccc2[nH]ccc2c1)C(=O)OCc1ccccc1. The van der Waals surface area contributed by atoms with Gasteiger partial charge in [0.05, 0.1) is 7.11 Å². The molecule has 0 aliphatic rings. The summed E-state index contributed by atoms with van der Waals surface area (Å²) in [6.07, 6.45) is 3.56. The maximum absolute atomic E-state index is 12.1. The Bertz CT molecular complexity index is 834. The first kappa shape index (κ1) is 14.9. The fraction of sp³-hybridized carbons (Fsp3) is 0.105. The van der Waals surface area contributed by atoms with Crippen LogP contribution in [0.5, 0.6) is 0 Å². The van der Waals surface area contributed by atoms with Gasteiger partial charge in [0.1, 0.15) is 6.61 Å². The van der Waals surface area contributed by atoms with Crippen LogP contribution in [0.1, 0.15) is 11.1 Å². The molecule has 0 aliphatic carbocycles. The Hall–Kier alpha value is -3.01. The van der Waals surface area contributed by atoms with E-state index in [0.717, 1.165) is 22.0 Å². The molecule has 0 aliphatic heterocycles. The van der Waals surface area contributed by atoms with Crippen LogP contribution in [0.2, 0.25) is 0 Å². The van der Waals surface area contributed by atoms with Crippen LogP contribution in [-0.2, 0) is 20.9 Å². The van der Waals surface area contributed by atoms with E-state index in [9.17, 15) is 4.79 Å². The number of hydrogen-bond donors (Lipinski definition) is 1. The molecule has 4 nitrogen and oxygen atoms in total. The maximum atomic E-state index is 12.1. The number of H-pyrrole nitrogens is 1. The van der Waals surface area contributed by atoms with Gasteiger partial charge in [0, 0.05) is 11.7 Å². The molecule has 0 atom stereocenters. The highest BCUT2D eigenvalue weighted by Crippen LogP contribution is 2.17. The second-order valence-electron chi connectivity index (χ2n) is 5.10. The zero-order valence-corrected chi connectivity index (χ0v) is 12.8. The molecule has 1 heterocycles. The van der Waals surface area contributed by atoms with Gasteiger partial charge in [0.25, 0.3) is 0 Å². The van der Waals surface area contributed by atoms with Crippen LogP contribution in [0.15, 0.2) is 66.6 Å². The first-order chi connectivity index (χ1) is 11.3. The van der Waals surface area contributed by atoms with Gasteiger partial charge < -0.3 is 14.5 Å². The summed E-state index contributed by atoms with van der Waals surface area (Å²) in [6, 6.07) is 17.4. The molecule has 0 saturated carbocycles. The molecule has 116 valence electrons. The van der Waals surface area contributed by atoms with Gasteiger partial charge in [0.15, 0.2) is 0 Å². The molecule has 0 spiro atoms. The minimum absolute atomic E-state index is 0.177. The van der Waals surface area contributed by atoms with Gasteiger partial charge in [-0.05, 0) is 40.8 Å². The van der Waals surface area contributed by atoms with Crippen LogP contribution in [0.25, 0.3) is 17.0 Å². The molecule has 0 fully saturated rings. The van der Waals surface area contributed by atoms with Gasteiger partial charge >= 0.3 is 5.97 Å². The number of carbonyl (C=O) groups excluding carboxylic acids is 1. The topological polar surface area (TPSA) is 51.3 Å². The Balaban J connectivity index is 1.73. The number of ether oxygens (including phenoxy) is 2. The van der Waals surface area contributed by atoms with E-state index in [1.165, 1.54) is 7.11 Å². The quantitative estimate of drug-likeness (QED) is 0.442. The Morgan fingerprint density at radius 1 is 1.13 bits per heavy atom. The molecule has 23 heavy (non-hydrogen) atoms. The molecular formula is C19H17NO3. The zero-order chi connectivity index (χ0) is 16.1. The van der Waals surface area contributed by atoms with Crippen molar-refractivity contribution in [1.29, 1.82) is 0 Å². The molecule has 3 aromatic rings. The molecule has 0 bridgehead atoms. The number of aromatic nitrogens is 1. The number of benzene rings is 2. The minimum atomic E-state index is -0.481. The summed E-state index contributed by atoms with van der Waals surface area (Å²) < 4.78 is 10.5. The Kier molecular flexibility index (Phi) is 4.43. The van der Waals surface area contributed by atoms with Crippen molar-refractivity contribution in [3.05, 3.63) is 77.7 Å². The summed E-state index contributed by atoms with van der Waals surface area (Å²) in [4.78, 5) is 15.3. The van der Waals surface area contributed by atoms with Crippen LogP contribution in [0.3, 0.4) is 0 Å². The van der Waals surface area contributed by atoms with E-state index in [4.69, 9.17) is 9.47 Å². The maximum Gasteiger partial charge on any atom is 0.373 e. The van der Waals surface area contributed by atoms with Crippen molar-refractivity contribution >= 4 is 22.9 Å². The van der Waals surface area contributed by atoms with Crippen molar-refractivity contribution in [1.82, 2.24) is 4.98 Å². The molecule has 1 aromatic heterocycles. The smallest absolute Gasteiger partial charge is 0.373 e. The highest BCUT2D eigenvalue weighted by atomic mass is 16.6. The lowest BCUT2D eigenvalue weighted by Gasteiger charge is -2.07. The van der Waals surface area contributed by atoms with E-state index >= 15 is 0 Å². The monoisotopic (exact) mass is 307 g/mol. The third-order valence-corrected chi connectivity index (χ3v) is 3.51. The van der Waals surface area contributed by atoms with E-state index in [2.05, 4.69) is 4.98 Å². The van der Waals surface area contributed by atoms with Crippen molar-refractivity contribution in [2.45, 2.75) is 6.61 Å². The van der Waals surface area contributed by atoms with Crippen LogP contribution in [-0.4, -0.2) is 18.1 Å². The normalized spacial score (nSPS) is 11.4. The summed E-state index contributed by atoms with van der Waals surface area (Å²) in [5, 5.41) is 1.08. The summed E-state index contributed by atoms with van der Waals surface area (Å²) in [7, 11) is 1.46. The number of rotatable bonds is 5. The lowest BCUT2D eigenvalue weighted by molar-refractivity contribution is -0.143.